The Balaban J connectivity index is 2.46. The second-order valence-corrected chi connectivity index (χ2v) is 5.76. The van der Waals surface area contributed by atoms with Crippen molar-refractivity contribution in [3.05, 3.63) is 29.2 Å². The maximum absolute atomic E-state index is 12.7. The first-order valence-corrected chi connectivity index (χ1v) is 7.73. The molecule has 2 aromatic heterocycles. The molecule has 0 saturated heterocycles. The SMILES string of the molecule is CCn1ncc(Cl)c1-c1cnc(C[C@H](C)C(F)(F)F)cc1OC(F)F. The summed E-state index contributed by atoms with van der Waals surface area (Å²) in [5, 5.41) is 4.19. The van der Waals surface area contributed by atoms with E-state index in [1.54, 1.807) is 6.92 Å². The summed E-state index contributed by atoms with van der Waals surface area (Å²) in [6.45, 7) is 0.0218. The topological polar surface area (TPSA) is 39.9 Å². The van der Waals surface area contributed by atoms with Crippen LogP contribution in [0.15, 0.2) is 18.5 Å². The van der Waals surface area contributed by atoms with E-state index in [-0.39, 0.29) is 22.0 Å². The van der Waals surface area contributed by atoms with Crippen molar-refractivity contribution in [3.63, 3.8) is 0 Å². The molecule has 0 saturated carbocycles. The van der Waals surface area contributed by atoms with Gasteiger partial charge in [-0.25, -0.2) is 0 Å². The predicted molar refractivity (Wildman–Crippen MR) is 81.7 cm³/mol. The van der Waals surface area contributed by atoms with Crippen LogP contribution >= 0.6 is 11.6 Å². The molecule has 0 spiro atoms. The molecule has 0 aromatic carbocycles. The zero-order valence-corrected chi connectivity index (χ0v) is 14.1. The maximum Gasteiger partial charge on any atom is 0.391 e. The van der Waals surface area contributed by atoms with Gasteiger partial charge in [0.1, 0.15) is 5.75 Å². The van der Waals surface area contributed by atoms with Crippen molar-refractivity contribution < 1.29 is 26.7 Å². The summed E-state index contributed by atoms with van der Waals surface area (Å²) in [6, 6.07) is 1.08. The molecule has 0 fully saturated rings. The van der Waals surface area contributed by atoms with Gasteiger partial charge in [-0.05, 0) is 6.92 Å². The lowest BCUT2D eigenvalue weighted by molar-refractivity contribution is -0.169. The van der Waals surface area contributed by atoms with Crippen LogP contribution in [-0.4, -0.2) is 27.6 Å². The highest BCUT2D eigenvalue weighted by Crippen LogP contribution is 2.36. The number of halogens is 6. The van der Waals surface area contributed by atoms with E-state index in [9.17, 15) is 22.0 Å². The van der Waals surface area contributed by atoms with Gasteiger partial charge < -0.3 is 4.74 Å². The molecule has 25 heavy (non-hydrogen) atoms. The predicted octanol–water partition coefficient (Wildman–Crippen LogP) is 4.96. The number of rotatable bonds is 6. The van der Waals surface area contributed by atoms with Gasteiger partial charge in [0.25, 0.3) is 0 Å². The van der Waals surface area contributed by atoms with Gasteiger partial charge in [0.05, 0.1) is 28.4 Å². The van der Waals surface area contributed by atoms with E-state index in [1.807, 2.05) is 0 Å². The fourth-order valence-electron chi connectivity index (χ4n) is 2.26. The minimum Gasteiger partial charge on any atom is -0.434 e. The Morgan fingerprint density at radius 3 is 2.52 bits per heavy atom. The van der Waals surface area contributed by atoms with Crippen LogP contribution in [0.3, 0.4) is 0 Å². The fourth-order valence-corrected chi connectivity index (χ4v) is 2.50. The van der Waals surface area contributed by atoms with Gasteiger partial charge in [0, 0.05) is 30.9 Å². The molecule has 0 aliphatic rings. The first-order chi connectivity index (χ1) is 11.6. The Hall–Kier alpha value is -1.90. The highest BCUT2D eigenvalue weighted by atomic mass is 35.5. The largest absolute Gasteiger partial charge is 0.434 e. The first-order valence-electron chi connectivity index (χ1n) is 7.35. The third kappa shape index (κ3) is 4.59. The zero-order valence-electron chi connectivity index (χ0n) is 13.3. The highest BCUT2D eigenvalue weighted by molar-refractivity contribution is 6.33. The average molecular weight is 384 g/mol. The molecule has 138 valence electrons. The molecule has 0 aliphatic carbocycles. The van der Waals surface area contributed by atoms with Crippen molar-refractivity contribution in [1.29, 1.82) is 0 Å². The maximum atomic E-state index is 12.7. The van der Waals surface area contributed by atoms with Crippen molar-refractivity contribution in [2.24, 2.45) is 5.92 Å². The number of hydrogen-bond donors (Lipinski definition) is 0. The van der Waals surface area contributed by atoms with Gasteiger partial charge >= 0.3 is 12.8 Å². The van der Waals surface area contributed by atoms with Crippen molar-refractivity contribution >= 4 is 11.6 Å². The lowest BCUT2D eigenvalue weighted by Gasteiger charge is -2.17. The summed E-state index contributed by atoms with van der Waals surface area (Å²) < 4.78 is 69.5. The Bertz CT molecular complexity index is 732. The van der Waals surface area contributed by atoms with Crippen LogP contribution in [0.5, 0.6) is 5.75 Å². The van der Waals surface area contributed by atoms with Gasteiger partial charge in [-0.3, -0.25) is 9.67 Å². The van der Waals surface area contributed by atoms with E-state index < -0.39 is 25.1 Å². The number of aromatic nitrogens is 3. The molecule has 2 rings (SSSR count). The molecule has 2 heterocycles. The molecule has 0 radical (unpaired) electrons. The Morgan fingerprint density at radius 1 is 1.28 bits per heavy atom. The van der Waals surface area contributed by atoms with Gasteiger partial charge in [-0.15, -0.1) is 0 Å². The average Bonchev–Trinajstić information content (AvgIpc) is 2.87. The minimum absolute atomic E-state index is 0.0112. The number of pyridine rings is 1. The Kier molecular flexibility index (Phi) is 5.87. The van der Waals surface area contributed by atoms with E-state index in [0.29, 0.717) is 12.2 Å². The Morgan fingerprint density at radius 2 is 1.96 bits per heavy atom. The Labute approximate surface area is 145 Å². The van der Waals surface area contributed by atoms with Gasteiger partial charge in [0.15, 0.2) is 0 Å². The molecule has 0 N–H and O–H groups in total. The van der Waals surface area contributed by atoms with Crippen LogP contribution in [0.2, 0.25) is 5.02 Å². The summed E-state index contributed by atoms with van der Waals surface area (Å²) in [5.74, 6) is -1.97. The second kappa shape index (κ2) is 7.55. The molecule has 10 heteroatoms. The zero-order chi connectivity index (χ0) is 18.8. The lowest BCUT2D eigenvalue weighted by atomic mass is 10.0. The molecule has 0 aliphatic heterocycles. The quantitative estimate of drug-likeness (QED) is 0.662. The second-order valence-electron chi connectivity index (χ2n) is 5.35. The number of hydrogen-bond acceptors (Lipinski definition) is 3. The first kappa shape index (κ1) is 19.4. The van der Waals surface area contributed by atoms with Crippen LogP contribution < -0.4 is 4.74 Å². The smallest absolute Gasteiger partial charge is 0.391 e. The molecule has 2 aromatic rings. The van der Waals surface area contributed by atoms with E-state index >= 15 is 0 Å². The molecular formula is C15H15ClF5N3O. The number of alkyl halides is 5. The monoisotopic (exact) mass is 383 g/mol. The fraction of sp³-hybridized carbons (Fsp3) is 0.467. The van der Waals surface area contributed by atoms with E-state index in [0.717, 1.165) is 13.0 Å². The van der Waals surface area contributed by atoms with E-state index in [4.69, 9.17) is 11.6 Å². The van der Waals surface area contributed by atoms with Crippen molar-refractivity contribution in [2.75, 3.05) is 0 Å². The lowest BCUT2D eigenvalue weighted by Crippen LogP contribution is -2.22. The standard InChI is InChI=1S/C15H15ClF5N3O/c1-3-24-13(11(16)7-23-24)10-6-22-9(4-8(2)15(19,20)21)5-12(10)25-14(17)18/h5-8,14H,3-4H2,1-2H3/t8-/m0/s1. The van der Waals surface area contributed by atoms with Gasteiger partial charge in [0.2, 0.25) is 0 Å². The van der Waals surface area contributed by atoms with Crippen LogP contribution in [-0.2, 0) is 13.0 Å². The van der Waals surface area contributed by atoms with E-state index in [1.165, 1.54) is 17.1 Å². The number of ether oxygens (including phenoxy) is 1. The third-order valence-corrected chi connectivity index (χ3v) is 3.84. The molecular weight excluding hydrogens is 369 g/mol. The van der Waals surface area contributed by atoms with E-state index in [2.05, 4.69) is 14.8 Å². The number of aryl methyl sites for hydroxylation is 1. The van der Waals surface area contributed by atoms with Gasteiger partial charge in [-0.2, -0.15) is 27.1 Å². The van der Waals surface area contributed by atoms with Crippen LogP contribution in [0.1, 0.15) is 19.5 Å². The summed E-state index contributed by atoms with van der Waals surface area (Å²) in [7, 11) is 0. The molecule has 4 nitrogen and oxygen atoms in total. The highest BCUT2D eigenvalue weighted by Gasteiger charge is 2.36. The molecule has 0 amide bonds. The normalized spacial score (nSPS) is 13.3. The van der Waals surface area contributed by atoms with Crippen LogP contribution in [0.4, 0.5) is 22.0 Å². The van der Waals surface area contributed by atoms with Gasteiger partial charge in [-0.1, -0.05) is 18.5 Å². The molecule has 0 bridgehead atoms. The van der Waals surface area contributed by atoms with Crippen molar-refractivity contribution in [2.45, 2.75) is 39.6 Å². The third-order valence-electron chi connectivity index (χ3n) is 3.56. The summed E-state index contributed by atoms with van der Waals surface area (Å²) >= 11 is 6.05. The van der Waals surface area contributed by atoms with Crippen LogP contribution in [0, 0.1) is 5.92 Å². The summed E-state index contributed by atoms with van der Waals surface area (Å²) in [4.78, 5) is 3.95. The van der Waals surface area contributed by atoms with Crippen molar-refractivity contribution in [3.8, 4) is 17.0 Å². The summed E-state index contributed by atoms with van der Waals surface area (Å²) in [6.07, 6.45) is -2.35. The van der Waals surface area contributed by atoms with Crippen molar-refractivity contribution in [1.82, 2.24) is 14.8 Å². The molecule has 1 atom stereocenters. The number of nitrogens with zero attached hydrogens (tertiary/aromatic N) is 3. The molecule has 0 unspecified atom stereocenters. The van der Waals surface area contributed by atoms with Crippen LogP contribution in [0.25, 0.3) is 11.3 Å². The minimum atomic E-state index is -4.41. The summed E-state index contributed by atoms with van der Waals surface area (Å²) in [5.41, 5.74) is 0.429.